The van der Waals surface area contributed by atoms with E-state index >= 15 is 0 Å². The Bertz CT molecular complexity index is 433. The molecule has 2 N–H and O–H groups in total. The molecule has 0 aliphatic carbocycles. The molecule has 106 valence electrons. The minimum atomic E-state index is 0.137. The Morgan fingerprint density at radius 2 is 1.95 bits per heavy atom. The van der Waals surface area contributed by atoms with Crippen LogP contribution in [0, 0.1) is 0 Å². The van der Waals surface area contributed by atoms with Crippen LogP contribution in [0.15, 0.2) is 22.7 Å². The molecule has 0 saturated heterocycles. The molecule has 1 amide bonds. The first kappa shape index (κ1) is 16.0. The Labute approximate surface area is 123 Å². The van der Waals surface area contributed by atoms with Crippen LogP contribution >= 0.6 is 15.9 Å². The Balaban J connectivity index is 2.83. The number of hydrogen-bond donors (Lipinski definition) is 1. The van der Waals surface area contributed by atoms with Gasteiger partial charge in [0.25, 0.3) is 0 Å². The number of rotatable bonds is 6. The van der Waals surface area contributed by atoms with Crippen LogP contribution in [-0.2, 0) is 11.3 Å². The molecule has 0 aromatic heterocycles. The Morgan fingerprint density at radius 3 is 2.47 bits per heavy atom. The molecule has 0 atom stereocenters. The molecule has 19 heavy (non-hydrogen) atoms. The van der Waals surface area contributed by atoms with Crippen molar-refractivity contribution < 1.29 is 4.79 Å². The smallest absolute Gasteiger partial charge is 0.242 e. The average Bonchev–Trinajstić information content (AvgIpc) is 2.39. The van der Waals surface area contributed by atoms with Gasteiger partial charge in [0.15, 0.2) is 0 Å². The zero-order valence-corrected chi connectivity index (χ0v) is 13.4. The Kier molecular flexibility index (Phi) is 6.31. The molecule has 0 radical (unpaired) electrons. The number of benzene rings is 1. The summed E-state index contributed by atoms with van der Waals surface area (Å²) in [4.78, 5) is 15.9. The first-order chi connectivity index (χ1) is 9.03. The summed E-state index contributed by atoms with van der Waals surface area (Å²) in [7, 11) is 1.92. The number of carbonyl (C=O) groups excluding carboxylic acids is 1. The van der Waals surface area contributed by atoms with Gasteiger partial charge >= 0.3 is 0 Å². The molecule has 0 bridgehead atoms. The van der Waals surface area contributed by atoms with Crippen molar-refractivity contribution in [2.24, 2.45) is 5.73 Å². The Hall–Kier alpha value is -1.07. The lowest BCUT2D eigenvalue weighted by Crippen LogP contribution is -2.39. The number of likely N-dealkylation sites (N-methyl/N-ethyl adjacent to an activating group) is 2. The topological polar surface area (TPSA) is 49.6 Å². The van der Waals surface area contributed by atoms with Gasteiger partial charge in [0.2, 0.25) is 5.91 Å². The quantitative estimate of drug-likeness (QED) is 0.871. The zero-order valence-electron chi connectivity index (χ0n) is 11.8. The lowest BCUT2D eigenvalue weighted by Gasteiger charge is -2.26. The standard InChI is InChI=1S/C14H22BrN3O/c1-4-18(5-2)14(19)10-17(3)13-7-6-12(15)8-11(13)9-16/h6-8H,4-5,9-10,16H2,1-3H3. The minimum absolute atomic E-state index is 0.137. The summed E-state index contributed by atoms with van der Waals surface area (Å²) in [6, 6.07) is 5.95. The maximum absolute atomic E-state index is 12.1. The van der Waals surface area contributed by atoms with Gasteiger partial charge in [0, 0.05) is 36.8 Å². The predicted octanol–water partition coefficient (Wildman–Crippen LogP) is 2.21. The molecule has 0 saturated carbocycles. The first-order valence-electron chi connectivity index (χ1n) is 6.50. The molecule has 1 aromatic rings. The van der Waals surface area contributed by atoms with Gasteiger partial charge in [0.1, 0.15) is 0 Å². The number of nitrogens with two attached hydrogens (primary N) is 1. The van der Waals surface area contributed by atoms with Crippen LogP contribution in [0.4, 0.5) is 5.69 Å². The molecular formula is C14H22BrN3O. The normalized spacial score (nSPS) is 10.4. The van der Waals surface area contributed by atoms with E-state index in [1.54, 1.807) is 0 Å². The van der Waals surface area contributed by atoms with Gasteiger partial charge < -0.3 is 15.5 Å². The van der Waals surface area contributed by atoms with Crippen molar-refractivity contribution in [2.45, 2.75) is 20.4 Å². The van der Waals surface area contributed by atoms with Crippen molar-refractivity contribution >= 4 is 27.5 Å². The van der Waals surface area contributed by atoms with Gasteiger partial charge in [-0.1, -0.05) is 15.9 Å². The molecule has 5 heteroatoms. The van der Waals surface area contributed by atoms with Gasteiger partial charge in [-0.05, 0) is 37.6 Å². The maximum atomic E-state index is 12.1. The third-order valence-electron chi connectivity index (χ3n) is 3.16. The van der Waals surface area contributed by atoms with Gasteiger partial charge in [-0.15, -0.1) is 0 Å². The maximum Gasteiger partial charge on any atom is 0.242 e. The van der Waals surface area contributed by atoms with Crippen LogP contribution in [-0.4, -0.2) is 37.5 Å². The Morgan fingerprint density at radius 1 is 1.32 bits per heavy atom. The van der Waals surface area contributed by atoms with Crippen molar-refractivity contribution in [1.29, 1.82) is 0 Å². The van der Waals surface area contributed by atoms with Crippen LogP contribution in [0.3, 0.4) is 0 Å². The van der Waals surface area contributed by atoms with Crippen molar-refractivity contribution in [2.75, 3.05) is 31.6 Å². The summed E-state index contributed by atoms with van der Waals surface area (Å²) >= 11 is 3.43. The number of hydrogen-bond acceptors (Lipinski definition) is 3. The molecule has 0 unspecified atom stereocenters. The number of anilines is 1. The first-order valence-corrected chi connectivity index (χ1v) is 7.30. The molecule has 1 aromatic carbocycles. The van der Waals surface area contributed by atoms with E-state index in [0.29, 0.717) is 13.1 Å². The summed E-state index contributed by atoms with van der Waals surface area (Å²) in [6.07, 6.45) is 0. The molecule has 0 aliphatic heterocycles. The average molecular weight is 328 g/mol. The lowest BCUT2D eigenvalue weighted by atomic mass is 10.1. The van der Waals surface area contributed by atoms with Crippen molar-refractivity contribution in [3.8, 4) is 0 Å². The van der Waals surface area contributed by atoms with Gasteiger partial charge in [-0.3, -0.25) is 4.79 Å². The summed E-state index contributed by atoms with van der Waals surface area (Å²) in [5.74, 6) is 0.137. The van der Waals surface area contributed by atoms with Gasteiger partial charge in [-0.2, -0.15) is 0 Å². The second-order valence-corrected chi connectivity index (χ2v) is 5.31. The van der Waals surface area contributed by atoms with Crippen LogP contribution in [0.5, 0.6) is 0 Å². The van der Waals surface area contributed by atoms with E-state index in [1.165, 1.54) is 0 Å². The summed E-state index contributed by atoms with van der Waals surface area (Å²) in [5.41, 5.74) is 7.79. The molecule has 1 rings (SSSR count). The van der Waals surface area contributed by atoms with Crippen LogP contribution in [0.1, 0.15) is 19.4 Å². The highest BCUT2D eigenvalue weighted by Crippen LogP contribution is 2.23. The fraction of sp³-hybridized carbons (Fsp3) is 0.500. The zero-order chi connectivity index (χ0) is 14.4. The third-order valence-corrected chi connectivity index (χ3v) is 3.65. The van der Waals surface area contributed by atoms with Crippen LogP contribution < -0.4 is 10.6 Å². The fourth-order valence-corrected chi connectivity index (χ4v) is 2.46. The van der Waals surface area contributed by atoms with E-state index in [4.69, 9.17) is 5.73 Å². The predicted molar refractivity (Wildman–Crippen MR) is 83.2 cm³/mol. The lowest BCUT2D eigenvalue weighted by molar-refractivity contribution is -0.129. The fourth-order valence-electron chi connectivity index (χ4n) is 2.05. The molecule has 4 nitrogen and oxygen atoms in total. The van der Waals surface area contributed by atoms with Crippen LogP contribution in [0.2, 0.25) is 0 Å². The molecule has 0 heterocycles. The van der Waals surface area contributed by atoms with Crippen LogP contribution in [0.25, 0.3) is 0 Å². The highest BCUT2D eigenvalue weighted by molar-refractivity contribution is 9.10. The largest absolute Gasteiger partial charge is 0.365 e. The highest BCUT2D eigenvalue weighted by Gasteiger charge is 2.14. The second kappa shape index (κ2) is 7.50. The SMILES string of the molecule is CCN(CC)C(=O)CN(C)c1ccc(Br)cc1CN. The molecule has 0 fully saturated rings. The summed E-state index contributed by atoms with van der Waals surface area (Å²) in [6.45, 7) is 6.30. The molecular weight excluding hydrogens is 306 g/mol. The van der Waals surface area contributed by atoms with E-state index in [1.807, 2.05) is 48.9 Å². The van der Waals surface area contributed by atoms with Gasteiger partial charge in [-0.25, -0.2) is 0 Å². The minimum Gasteiger partial charge on any atom is -0.365 e. The van der Waals surface area contributed by atoms with E-state index in [2.05, 4.69) is 15.9 Å². The van der Waals surface area contributed by atoms with Gasteiger partial charge in [0.05, 0.1) is 6.54 Å². The monoisotopic (exact) mass is 327 g/mol. The number of amides is 1. The van der Waals surface area contributed by atoms with Crippen molar-refractivity contribution in [3.05, 3.63) is 28.2 Å². The summed E-state index contributed by atoms with van der Waals surface area (Å²) < 4.78 is 1.00. The highest BCUT2D eigenvalue weighted by atomic mass is 79.9. The van der Waals surface area contributed by atoms with Crippen molar-refractivity contribution in [3.63, 3.8) is 0 Å². The second-order valence-electron chi connectivity index (χ2n) is 4.40. The third kappa shape index (κ3) is 4.21. The molecule has 0 spiro atoms. The van der Waals surface area contributed by atoms with Crippen molar-refractivity contribution in [1.82, 2.24) is 4.90 Å². The molecule has 0 aliphatic rings. The van der Waals surface area contributed by atoms with E-state index in [-0.39, 0.29) is 5.91 Å². The van der Waals surface area contributed by atoms with E-state index in [9.17, 15) is 4.79 Å². The number of carbonyl (C=O) groups is 1. The number of nitrogens with zero attached hydrogens (tertiary/aromatic N) is 2. The number of halogens is 1. The van der Waals surface area contributed by atoms with E-state index in [0.717, 1.165) is 28.8 Å². The summed E-state index contributed by atoms with van der Waals surface area (Å²) in [5, 5.41) is 0. The van der Waals surface area contributed by atoms with E-state index < -0.39 is 0 Å².